The van der Waals surface area contributed by atoms with Crippen LogP contribution in [0.15, 0.2) is 36.5 Å². The molecule has 2 aromatic rings. The number of nitrogens with one attached hydrogen (secondary N) is 2. The monoisotopic (exact) mass is 435 g/mol. The standard InChI is InChI=1S/C21H23ClFN3O4/c1-21(2,3)26-19(28)14-5-4-8-24-18(14)15(17(27)11-25-20(29)30)9-12-6-7-13(22)10-16(12)23/h4-8,10,15,25H,9,11H2,1-3H3,(H,26,28)(H,29,30). The molecule has 0 saturated heterocycles. The van der Waals surface area contributed by atoms with Crippen molar-refractivity contribution in [3.63, 3.8) is 0 Å². The molecule has 1 atom stereocenters. The van der Waals surface area contributed by atoms with E-state index in [1.807, 2.05) is 26.1 Å². The number of amides is 2. The number of benzene rings is 1. The molecule has 160 valence electrons. The van der Waals surface area contributed by atoms with Crippen molar-refractivity contribution in [2.45, 2.75) is 38.6 Å². The number of aromatic nitrogens is 1. The molecular weight excluding hydrogens is 413 g/mol. The van der Waals surface area contributed by atoms with E-state index in [-0.39, 0.29) is 28.3 Å². The van der Waals surface area contributed by atoms with Crippen molar-refractivity contribution in [1.82, 2.24) is 15.6 Å². The summed E-state index contributed by atoms with van der Waals surface area (Å²) in [6, 6.07) is 7.14. The lowest BCUT2D eigenvalue weighted by atomic mass is 9.88. The second-order valence-electron chi connectivity index (χ2n) is 7.76. The van der Waals surface area contributed by atoms with Crippen molar-refractivity contribution in [3.05, 3.63) is 64.2 Å². The maximum atomic E-state index is 14.4. The van der Waals surface area contributed by atoms with Crippen molar-refractivity contribution in [1.29, 1.82) is 0 Å². The molecule has 0 aliphatic carbocycles. The number of nitrogens with zero attached hydrogens (tertiary/aromatic N) is 1. The molecular formula is C21H23ClFN3O4. The van der Waals surface area contributed by atoms with Crippen LogP contribution < -0.4 is 10.6 Å². The number of carbonyl (C=O) groups excluding carboxylic acids is 2. The summed E-state index contributed by atoms with van der Waals surface area (Å²) < 4.78 is 14.4. The van der Waals surface area contributed by atoms with Gasteiger partial charge >= 0.3 is 6.09 Å². The first kappa shape index (κ1) is 23.3. The summed E-state index contributed by atoms with van der Waals surface area (Å²) in [7, 11) is 0. The van der Waals surface area contributed by atoms with Crippen LogP contribution in [-0.4, -0.2) is 40.0 Å². The molecule has 1 aromatic carbocycles. The third-order valence-corrected chi connectivity index (χ3v) is 4.38. The molecule has 0 aliphatic heterocycles. The number of Topliss-reactive ketones (excluding diaryl/α,β-unsaturated/α-hetero) is 1. The Morgan fingerprint density at radius 3 is 2.53 bits per heavy atom. The molecule has 1 heterocycles. The normalized spacial score (nSPS) is 12.2. The summed E-state index contributed by atoms with van der Waals surface area (Å²) in [5.74, 6) is -2.64. The zero-order chi connectivity index (χ0) is 22.5. The van der Waals surface area contributed by atoms with E-state index in [0.29, 0.717) is 0 Å². The quantitative estimate of drug-likeness (QED) is 0.616. The van der Waals surface area contributed by atoms with Crippen LogP contribution in [0.5, 0.6) is 0 Å². The van der Waals surface area contributed by atoms with Gasteiger partial charge < -0.3 is 15.7 Å². The highest BCUT2D eigenvalue weighted by atomic mass is 35.5. The maximum Gasteiger partial charge on any atom is 0.405 e. The first-order chi connectivity index (χ1) is 14.0. The summed E-state index contributed by atoms with van der Waals surface area (Å²) in [5, 5.41) is 13.9. The molecule has 7 nitrogen and oxygen atoms in total. The van der Waals surface area contributed by atoms with Gasteiger partial charge in [-0.3, -0.25) is 14.6 Å². The molecule has 0 aliphatic rings. The van der Waals surface area contributed by atoms with Gasteiger partial charge in [-0.1, -0.05) is 17.7 Å². The maximum absolute atomic E-state index is 14.4. The minimum absolute atomic E-state index is 0.115. The number of halogens is 2. The second-order valence-corrected chi connectivity index (χ2v) is 8.19. The molecule has 2 rings (SSSR count). The topological polar surface area (TPSA) is 108 Å². The van der Waals surface area contributed by atoms with Crippen molar-refractivity contribution in [2.24, 2.45) is 0 Å². The number of carbonyl (C=O) groups is 3. The summed E-state index contributed by atoms with van der Waals surface area (Å²) in [6.45, 7) is 4.92. The summed E-state index contributed by atoms with van der Waals surface area (Å²) >= 11 is 5.80. The summed E-state index contributed by atoms with van der Waals surface area (Å²) in [4.78, 5) is 40.7. The largest absolute Gasteiger partial charge is 0.465 e. The molecule has 2 amide bonds. The van der Waals surface area contributed by atoms with Crippen LogP contribution in [0.4, 0.5) is 9.18 Å². The highest BCUT2D eigenvalue weighted by Gasteiger charge is 2.29. The minimum atomic E-state index is -1.37. The zero-order valence-corrected chi connectivity index (χ0v) is 17.6. The van der Waals surface area contributed by atoms with Gasteiger partial charge in [0.1, 0.15) is 5.82 Å². The Morgan fingerprint density at radius 2 is 1.93 bits per heavy atom. The fraction of sp³-hybridized carbons (Fsp3) is 0.333. The van der Waals surface area contributed by atoms with Crippen molar-refractivity contribution >= 4 is 29.4 Å². The Balaban J connectivity index is 2.47. The van der Waals surface area contributed by atoms with Gasteiger partial charge in [0.05, 0.1) is 23.7 Å². The highest BCUT2D eigenvalue weighted by molar-refractivity contribution is 6.30. The molecule has 0 spiro atoms. The Morgan fingerprint density at radius 1 is 1.23 bits per heavy atom. The van der Waals surface area contributed by atoms with E-state index in [2.05, 4.69) is 10.3 Å². The predicted molar refractivity (Wildman–Crippen MR) is 110 cm³/mol. The first-order valence-electron chi connectivity index (χ1n) is 9.19. The van der Waals surface area contributed by atoms with Crippen LogP contribution in [0.3, 0.4) is 0 Å². The average Bonchev–Trinajstić information content (AvgIpc) is 2.64. The Hall–Kier alpha value is -3.00. The van der Waals surface area contributed by atoms with Gasteiger partial charge in [0.15, 0.2) is 5.78 Å². The van der Waals surface area contributed by atoms with Gasteiger partial charge in [0, 0.05) is 16.8 Å². The molecule has 9 heteroatoms. The first-order valence-corrected chi connectivity index (χ1v) is 9.56. The van der Waals surface area contributed by atoms with Crippen LogP contribution in [-0.2, 0) is 11.2 Å². The third-order valence-electron chi connectivity index (χ3n) is 4.14. The number of hydrogen-bond donors (Lipinski definition) is 3. The van der Waals surface area contributed by atoms with E-state index >= 15 is 0 Å². The molecule has 0 bridgehead atoms. The summed E-state index contributed by atoms with van der Waals surface area (Å²) in [6.07, 6.45) is -0.0612. The Kier molecular flexibility index (Phi) is 7.50. The van der Waals surface area contributed by atoms with Gasteiger partial charge in [-0.15, -0.1) is 0 Å². The van der Waals surface area contributed by atoms with E-state index < -0.39 is 41.6 Å². The van der Waals surface area contributed by atoms with Gasteiger partial charge in [-0.05, 0) is 57.0 Å². The van der Waals surface area contributed by atoms with Crippen molar-refractivity contribution in [2.75, 3.05) is 6.54 Å². The SMILES string of the molecule is CC(C)(C)NC(=O)c1cccnc1C(Cc1ccc(Cl)cc1F)C(=O)CNC(=O)O. The molecule has 1 unspecified atom stereocenters. The van der Waals surface area contributed by atoms with Crippen LogP contribution in [0.25, 0.3) is 0 Å². The predicted octanol–water partition coefficient (Wildman–Crippen LogP) is 3.57. The van der Waals surface area contributed by atoms with E-state index in [1.54, 1.807) is 6.07 Å². The van der Waals surface area contributed by atoms with E-state index in [0.717, 1.165) is 6.07 Å². The Bertz CT molecular complexity index is 960. The van der Waals surface area contributed by atoms with Crippen molar-refractivity contribution in [3.8, 4) is 0 Å². The minimum Gasteiger partial charge on any atom is -0.465 e. The fourth-order valence-electron chi connectivity index (χ4n) is 2.85. The number of hydrogen-bond acceptors (Lipinski definition) is 4. The van der Waals surface area contributed by atoms with Gasteiger partial charge in [-0.2, -0.15) is 0 Å². The lowest BCUT2D eigenvalue weighted by Gasteiger charge is -2.23. The molecule has 0 saturated carbocycles. The van der Waals surface area contributed by atoms with Gasteiger partial charge in [0.25, 0.3) is 5.91 Å². The Labute approximate surface area is 178 Å². The third kappa shape index (κ3) is 6.52. The van der Waals surface area contributed by atoms with Gasteiger partial charge in [-0.25, -0.2) is 9.18 Å². The lowest BCUT2D eigenvalue weighted by Crippen LogP contribution is -2.41. The van der Waals surface area contributed by atoms with E-state index in [4.69, 9.17) is 16.7 Å². The average molecular weight is 436 g/mol. The van der Waals surface area contributed by atoms with Crippen LogP contribution in [0.1, 0.15) is 48.3 Å². The van der Waals surface area contributed by atoms with Crippen LogP contribution in [0, 0.1) is 5.82 Å². The molecule has 0 radical (unpaired) electrons. The van der Waals surface area contributed by atoms with Gasteiger partial charge in [0.2, 0.25) is 0 Å². The smallest absolute Gasteiger partial charge is 0.405 e. The van der Waals surface area contributed by atoms with Crippen molar-refractivity contribution < 1.29 is 23.9 Å². The molecule has 0 fully saturated rings. The zero-order valence-electron chi connectivity index (χ0n) is 16.8. The number of carboxylic acid groups (broad SMARTS) is 1. The van der Waals surface area contributed by atoms with Crippen LogP contribution >= 0.6 is 11.6 Å². The van der Waals surface area contributed by atoms with E-state index in [9.17, 15) is 18.8 Å². The number of rotatable bonds is 7. The summed E-state index contributed by atoms with van der Waals surface area (Å²) in [5.41, 5.74) is -0.0289. The number of pyridine rings is 1. The fourth-order valence-corrected chi connectivity index (χ4v) is 3.01. The molecule has 1 aromatic heterocycles. The van der Waals surface area contributed by atoms with Crippen LogP contribution in [0.2, 0.25) is 5.02 Å². The van der Waals surface area contributed by atoms with E-state index in [1.165, 1.54) is 24.4 Å². The number of ketones is 1. The highest BCUT2D eigenvalue weighted by Crippen LogP contribution is 2.26. The molecule has 3 N–H and O–H groups in total. The lowest BCUT2D eigenvalue weighted by molar-refractivity contribution is -0.119. The second kappa shape index (κ2) is 9.67. The molecule has 30 heavy (non-hydrogen) atoms.